The molecule has 0 spiro atoms. The van der Waals surface area contributed by atoms with Gasteiger partial charge in [0.15, 0.2) is 16.6 Å². The van der Waals surface area contributed by atoms with Gasteiger partial charge in [0.05, 0.1) is 5.69 Å². The number of hydrogen-bond acceptors (Lipinski definition) is 4. The largest absolute Gasteiger partial charge is 0.454 e. The third-order valence-electron chi connectivity index (χ3n) is 4.06. The maximum atomic E-state index is 12.9. The molecule has 0 atom stereocenters. The number of thiocarbonyl (C=S) groups is 1. The zero-order chi connectivity index (χ0) is 17.6. The molecule has 1 amide bonds. The molecule has 2 aromatic carbocycles. The van der Waals surface area contributed by atoms with Crippen LogP contribution in [0.2, 0.25) is 0 Å². The molecule has 5 nitrogen and oxygen atoms in total. The second-order valence-electron chi connectivity index (χ2n) is 5.57. The number of benzene rings is 2. The monoisotopic (exact) mass is 416 g/mol. The summed E-state index contributed by atoms with van der Waals surface area (Å²) >= 11 is 8.98. The summed E-state index contributed by atoms with van der Waals surface area (Å²) in [6.45, 7) is 0.201. The highest BCUT2D eigenvalue weighted by molar-refractivity contribution is 9.10. The van der Waals surface area contributed by atoms with E-state index in [2.05, 4.69) is 15.9 Å². The van der Waals surface area contributed by atoms with Crippen molar-refractivity contribution < 1.29 is 14.3 Å². The summed E-state index contributed by atoms with van der Waals surface area (Å²) in [5.41, 5.74) is 2.06. The minimum atomic E-state index is -0.164. The van der Waals surface area contributed by atoms with Crippen LogP contribution in [0.25, 0.3) is 6.08 Å². The number of ether oxygens (including phenoxy) is 2. The molecule has 0 saturated carbocycles. The van der Waals surface area contributed by atoms with Crippen LogP contribution in [-0.4, -0.2) is 29.8 Å². The van der Waals surface area contributed by atoms with Crippen molar-refractivity contribution in [3.05, 3.63) is 58.2 Å². The number of likely N-dealkylation sites (N-methyl/N-ethyl adjacent to an activating group) is 1. The number of hydrogen-bond donors (Lipinski definition) is 0. The highest BCUT2D eigenvalue weighted by Crippen LogP contribution is 2.38. The minimum Gasteiger partial charge on any atom is -0.454 e. The maximum absolute atomic E-state index is 12.9. The van der Waals surface area contributed by atoms with E-state index < -0.39 is 0 Å². The van der Waals surface area contributed by atoms with Crippen molar-refractivity contribution in [2.45, 2.75) is 0 Å². The number of carbonyl (C=O) groups excluding carboxylic acids is 1. The van der Waals surface area contributed by atoms with Crippen LogP contribution in [0.1, 0.15) is 5.56 Å². The van der Waals surface area contributed by atoms with E-state index in [9.17, 15) is 4.79 Å². The van der Waals surface area contributed by atoms with Gasteiger partial charge in [-0.05, 0) is 48.1 Å². The number of carbonyl (C=O) groups is 1. The first kappa shape index (κ1) is 16.1. The van der Waals surface area contributed by atoms with Crippen molar-refractivity contribution in [2.24, 2.45) is 0 Å². The third kappa shape index (κ3) is 2.69. The van der Waals surface area contributed by atoms with Crippen LogP contribution in [0.5, 0.6) is 11.5 Å². The topological polar surface area (TPSA) is 42.0 Å². The van der Waals surface area contributed by atoms with Crippen LogP contribution >= 0.6 is 28.1 Å². The van der Waals surface area contributed by atoms with Gasteiger partial charge in [-0.25, -0.2) is 0 Å². The van der Waals surface area contributed by atoms with Crippen LogP contribution in [-0.2, 0) is 4.79 Å². The molecule has 25 heavy (non-hydrogen) atoms. The lowest BCUT2D eigenvalue weighted by atomic mass is 10.1. The summed E-state index contributed by atoms with van der Waals surface area (Å²) in [5.74, 6) is 1.18. The summed E-state index contributed by atoms with van der Waals surface area (Å²) in [5, 5.41) is 0.444. The Kier molecular flexibility index (Phi) is 3.97. The van der Waals surface area contributed by atoms with Gasteiger partial charge in [0.2, 0.25) is 6.79 Å². The molecule has 1 saturated heterocycles. The first-order chi connectivity index (χ1) is 12.1. The van der Waals surface area contributed by atoms with Crippen LogP contribution in [0.4, 0.5) is 5.69 Å². The smallest absolute Gasteiger partial charge is 0.281 e. The van der Waals surface area contributed by atoms with Gasteiger partial charge < -0.3 is 14.4 Å². The molecular weight excluding hydrogens is 404 g/mol. The molecular formula is C18H13BrN2O3S. The Morgan fingerprint density at radius 2 is 1.84 bits per heavy atom. The normalized spacial score (nSPS) is 17.8. The van der Waals surface area contributed by atoms with Crippen molar-refractivity contribution in [2.75, 3.05) is 18.7 Å². The maximum Gasteiger partial charge on any atom is 0.281 e. The summed E-state index contributed by atoms with van der Waals surface area (Å²) < 4.78 is 11.6. The van der Waals surface area contributed by atoms with Crippen molar-refractivity contribution in [1.82, 2.24) is 4.90 Å². The molecule has 2 aliphatic rings. The number of nitrogens with zero attached hydrogens (tertiary/aromatic N) is 2. The number of para-hydroxylation sites is 1. The average molecular weight is 417 g/mol. The quantitative estimate of drug-likeness (QED) is 0.550. The molecule has 0 aliphatic carbocycles. The molecule has 7 heteroatoms. The molecule has 2 heterocycles. The second-order valence-corrected chi connectivity index (χ2v) is 6.79. The van der Waals surface area contributed by atoms with Crippen LogP contribution in [0, 0.1) is 0 Å². The summed E-state index contributed by atoms with van der Waals surface area (Å²) in [7, 11) is 1.79. The van der Waals surface area contributed by atoms with E-state index in [1.165, 1.54) is 4.90 Å². The van der Waals surface area contributed by atoms with Crippen molar-refractivity contribution >= 4 is 50.9 Å². The highest BCUT2D eigenvalue weighted by Gasteiger charge is 2.36. The SMILES string of the molecule is CN1C(=S)N(c2ccccc2)C(=O)/C1=C/c1cc2c(cc1Br)OCO2. The van der Waals surface area contributed by atoms with Crippen molar-refractivity contribution in [1.29, 1.82) is 0 Å². The van der Waals surface area contributed by atoms with Gasteiger partial charge in [-0.2, -0.15) is 0 Å². The summed E-state index contributed by atoms with van der Waals surface area (Å²) in [6.07, 6.45) is 1.80. The number of fused-ring (bicyclic) bond motifs is 1. The van der Waals surface area contributed by atoms with E-state index in [1.54, 1.807) is 18.0 Å². The first-order valence-electron chi connectivity index (χ1n) is 7.54. The lowest BCUT2D eigenvalue weighted by Gasteiger charge is -2.16. The van der Waals surface area contributed by atoms with Crippen molar-refractivity contribution in [3.8, 4) is 11.5 Å². The van der Waals surface area contributed by atoms with Crippen molar-refractivity contribution in [3.63, 3.8) is 0 Å². The Morgan fingerprint density at radius 1 is 1.16 bits per heavy atom. The van der Waals surface area contributed by atoms with E-state index in [4.69, 9.17) is 21.7 Å². The molecule has 1 fully saturated rings. The van der Waals surface area contributed by atoms with Gasteiger partial charge in [0, 0.05) is 11.5 Å². The fraction of sp³-hybridized carbons (Fsp3) is 0.111. The lowest BCUT2D eigenvalue weighted by Crippen LogP contribution is -2.30. The molecule has 0 radical (unpaired) electrons. The Hall–Kier alpha value is -2.38. The van der Waals surface area contributed by atoms with Gasteiger partial charge in [0.1, 0.15) is 5.70 Å². The number of halogens is 1. The molecule has 2 aromatic rings. The molecule has 0 unspecified atom stereocenters. The number of anilines is 1. The number of rotatable bonds is 2. The van der Waals surface area contributed by atoms with E-state index in [0.29, 0.717) is 22.3 Å². The Morgan fingerprint density at radius 3 is 2.56 bits per heavy atom. The predicted octanol–water partition coefficient (Wildman–Crippen LogP) is 3.78. The van der Waals surface area contributed by atoms with E-state index in [1.807, 2.05) is 42.5 Å². The minimum absolute atomic E-state index is 0.164. The molecule has 0 bridgehead atoms. The predicted molar refractivity (Wildman–Crippen MR) is 103 cm³/mol. The van der Waals surface area contributed by atoms with Crippen LogP contribution in [0.15, 0.2) is 52.6 Å². The van der Waals surface area contributed by atoms with Gasteiger partial charge in [-0.1, -0.05) is 34.1 Å². The fourth-order valence-electron chi connectivity index (χ4n) is 2.75. The molecule has 0 aromatic heterocycles. The van der Waals surface area contributed by atoms with Crippen LogP contribution in [0.3, 0.4) is 0 Å². The summed E-state index contributed by atoms with van der Waals surface area (Å²) in [6, 6.07) is 13.0. The van der Waals surface area contributed by atoms with Gasteiger partial charge in [-0.15, -0.1) is 0 Å². The number of amides is 1. The Balaban J connectivity index is 1.75. The Bertz CT molecular complexity index is 914. The molecule has 4 rings (SSSR count). The van der Waals surface area contributed by atoms with Crippen LogP contribution < -0.4 is 14.4 Å². The van der Waals surface area contributed by atoms with E-state index in [-0.39, 0.29) is 12.7 Å². The zero-order valence-corrected chi connectivity index (χ0v) is 15.6. The Labute approximate surface area is 158 Å². The molecule has 126 valence electrons. The standard InChI is InChI=1S/C18H13BrN2O3S/c1-20-14(7-11-8-15-16(9-13(11)19)24-10-23-15)17(22)21(18(20)25)12-5-3-2-4-6-12/h2-9H,10H2,1H3/b14-7-. The first-order valence-corrected chi connectivity index (χ1v) is 8.74. The third-order valence-corrected chi connectivity index (χ3v) is 5.20. The molecule has 0 N–H and O–H groups in total. The lowest BCUT2D eigenvalue weighted by molar-refractivity contribution is -0.114. The fourth-order valence-corrected chi connectivity index (χ4v) is 3.48. The van der Waals surface area contributed by atoms with Gasteiger partial charge >= 0.3 is 0 Å². The van der Waals surface area contributed by atoms with Gasteiger partial charge in [-0.3, -0.25) is 9.69 Å². The second kappa shape index (κ2) is 6.16. The highest BCUT2D eigenvalue weighted by atomic mass is 79.9. The van der Waals surface area contributed by atoms with E-state index >= 15 is 0 Å². The van der Waals surface area contributed by atoms with Gasteiger partial charge in [0.25, 0.3) is 5.91 Å². The molecule has 2 aliphatic heterocycles. The van der Waals surface area contributed by atoms with E-state index in [0.717, 1.165) is 15.7 Å². The average Bonchev–Trinajstić information content (AvgIpc) is 3.14. The summed E-state index contributed by atoms with van der Waals surface area (Å²) in [4.78, 5) is 16.2. The zero-order valence-electron chi connectivity index (χ0n) is 13.2.